The van der Waals surface area contributed by atoms with Crippen molar-refractivity contribution in [3.63, 3.8) is 0 Å². The fourth-order valence-electron chi connectivity index (χ4n) is 3.16. The molecule has 0 unspecified atom stereocenters. The molecule has 2 aromatic carbocycles. The van der Waals surface area contributed by atoms with Gasteiger partial charge in [-0.25, -0.2) is 0 Å². The first-order chi connectivity index (χ1) is 12.6. The Morgan fingerprint density at radius 1 is 1.12 bits per heavy atom. The molecule has 0 aliphatic rings. The predicted octanol–water partition coefficient (Wildman–Crippen LogP) is 4.79. The molecule has 5 heteroatoms. The summed E-state index contributed by atoms with van der Waals surface area (Å²) in [5, 5.41) is 14.5. The summed E-state index contributed by atoms with van der Waals surface area (Å²) in [5.74, 6) is 0. The van der Waals surface area contributed by atoms with E-state index in [0.29, 0.717) is 5.11 Å². The Bertz CT molecular complexity index is 908. The first kappa shape index (κ1) is 18.4. The van der Waals surface area contributed by atoms with Gasteiger partial charge < -0.3 is 10.6 Å². The number of rotatable bonds is 6. The Labute approximate surface area is 160 Å². The third-order valence-corrected chi connectivity index (χ3v) is 4.88. The molecule has 136 valence electrons. The number of nitrogens with one attached hydrogen (secondary N) is 2. The maximum absolute atomic E-state index is 5.41. The second kappa shape index (κ2) is 8.32. The highest BCUT2D eigenvalue weighted by atomic mass is 32.1. The molecular weight excluding hydrogens is 340 g/mol. The largest absolute Gasteiger partial charge is 0.362 e. The van der Waals surface area contributed by atoms with E-state index >= 15 is 0 Å². The van der Waals surface area contributed by atoms with Crippen LogP contribution in [0.4, 0.5) is 5.69 Å². The van der Waals surface area contributed by atoms with E-state index in [4.69, 9.17) is 17.3 Å². The van der Waals surface area contributed by atoms with Crippen LogP contribution in [0.1, 0.15) is 36.7 Å². The second-order valence-electron chi connectivity index (χ2n) is 6.58. The molecule has 26 heavy (non-hydrogen) atoms. The maximum atomic E-state index is 5.41. The van der Waals surface area contributed by atoms with E-state index in [9.17, 15) is 0 Å². The number of thiocarbonyl (C=S) groups is 1. The lowest BCUT2D eigenvalue weighted by atomic mass is 10.0. The molecular formula is C21H26N4S. The number of unbranched alkanes of at least 4 members (excludes halogenated alkanes) is 1. The zero-order valence-corrected chi connectivity index (χ0v) is 16.5. The number of aryl methyl sites for hydroxylation is 1. The first-order valence-corrected chi connectivity index (χ1v) is 9.56. The Kier molecular flexibility index (Phi) is 5.89. The Balaban J connectivity index is 1.80. The lowest BCUT2D eigenvalue weighted by Gasteiger charge is -2.11. The lowest BCUT2D eigenvalue weighted by Crippen LogP contribution is -2.29. The van der Waals surface area contributed by atoms with E-state index < -0.39 is 0 Å². The molecule has 3 rings (SSSR count). The Hall–Kier alpha value is -2.40. The van der Waals surface area contributed by atoms with Gasteiger partial charge in [0.05, 0.1) is 23.6 Å². The summed E-state index contributed by atoms with van der Waals surface area (Å²) < 4.78 is 2.05. The van der Waals surface area contributed by atoms with E-state index in [1.54, 1.807) is 0 Å². The van der Waals surface area contributed by atoms with Crippen LogP contribution in [-0.2, 0) is 6.54 Å². The van der Waals surface area contributed by atoms with Crippen molar-refractivity contribution >= 4 is 33.8 Å². The fraction of sp³-hybridized carbons (Fsp3) is 0.333. The van der Waals surface area contributed by atoms with Gasteiger partial charge in [0.25, 0.3) is 0 Å². The molecule has 0 amide bonds. The van der Waals surface area contributed by atoms with Gasteiger partial charge in [-0.15, -0.1) is 0 Å². The minimum atomic E-state index is 0.661. The molecule has 1 aromatic heterocycles. The van der Waals surface area contributed by atoms with Crippen LogP contribution in [0.25, 0.3) is 10.8 Å². The van der Waals surface area contributed by atoms with Gasteiger partial charge in [0, 0.05) is 6.54 Å². The number of fused-ring (bicyclic) bond motifs is 1. The lowest BCUT2D eigenvalue weighted by molar-refractivity contribution is 0.662. The number of anilines is 1. The third-order valence-electron chi connectivity index (χ3n) is 4.64. The van der Waals surface area contributed by atoms with E-state index in [2.05, 4.69) is 66.9 Å². The van der Waals surface area contributed by atoms with Crippen molar-refractivity contribution in [1.29, 1.82) is 0 Å². The Morgan fingerprint density at radius 3 is 2.69 bits per heavy atom. The smallest absolute Gasteiger partial charge is 0.170 e. The highest BCUT2D eigenvalue weighted by Gasteiger charge is 2.13. The maximum Gasteiger partial charge on any atom is 0.170 e. The van der Waals surface area contributed by atoms with Gasteiger partial charge in [-0.1, -0.05) is 55.8 Å². The van der Waals surface area contributed by atoms with Gasteiger partial charge in [-0.2, -0.15) is 5.10 Å². The molecule has 0 aliphatic carbocycles. The van der Waals surface area contributed by atoms with Gasteiger partial charge >= 0.3 is 0 Å². The summed E-state index contributed by atoms with van der Waals surface area (Å²) in [6.45, 7) is 7.91. The van der Waals surface area contributed by atoms with Gasteiger partial charge in [0.15, 0.2) is 5.11 Å². The summed E-state index contributed by atoms with van der Waals surface area (Å²) in [5.41, 5.74) is 4.32. The monoisotopic (exact) mass is 366 g/mol. The summed E-state index contributed by atoms with van der Waals surface area (Å²) in [6, 6.07) is 14.9. The van der Waals surface area contributed by atoms with Gasteiger partial charge in [0.2, 0.25) is 0 Å². The average molecular weight is 367 g/mol. The second-order valence-corrected chi connectivity index (χ2v) is 6.98. The van der Waals surface area contributed by atoms with Crippen molar-refractivity contribution in [2.24, 2.45) is 0 Å². The molecule has 0 fully saturated rings. The van der Waals surface area contributed by atoms with Crippen molar-refractivity contribution in [2.45, 2.75) is 40.2 Å². The van der Waals surface area contributed by atoms with Crippen LogP contribution in [0.5, 0.6) is 0 Å². The molecule has 0 aliphatic heterocycles. The topological polar surface area (TPSA) is 41.9 Å². The van der Waals surface area contributed by atoms with Gasteiger partial charge in [0.1, 0.15) is 0 Å². The summed E-state index contributed by atoms with van der Waals surface area (Å²) in [4.78, 5) is 0. The van der Waals surface area contributed by atoms with Crippen LogP contribution in [0, 0.1) is 13.8 Å². The highest BCUT2D eigenvalue weighted by molar-refractivity contribution is 7.80. The molecule has 0 atom stereocenters. The molecule has 2 N–H and O–H groups in total. The van der Waals surface area contributed by atoms with Crippen molar-refractivity contribution in [2.75, 3.05) is 11.9 Å². The minimum absolute atomic E-state index is 0.661. The standard InChI is InChI=1S/C21H26N4S/c1-4-5-13-22-21(26)23-20-15(2)24-25(16(20)3)14-18-11-8-10-17-9-6-7-12-19(17)18/h6-12H,4-5,13-14H2,1-3H3,(H2,22,23,26). The highest BCUT2D eigenvalue weighted by Crippen LogP contribution is 2.23. The van der Waals surface area contributed by atoms with Crippen molar-refractivity contribution in [3.05, 3.63) is 59.4 Å². The van der Waals surface area contributed by atoms with E-state index in [1.165, 1.54) is 16.3 Å². The fourth-order valence-corrected chi connectivity index (χ4v) is 3.36. The Morgan fingerprint density at radius 2 is 1.88 bits per heavy atom. The molecule has 1 heterocycles. The van der Waals surface area contributed by atoms with Crippen LogP contribution in [-0.4, -0.2) is 21.4 Å². The van der Waals surface area contributed by atoms with Crippen molar-refractivity contribution in [1.82, 2.24) is 15.1 Å². The third kappa shape index (κ3) is 4.05. The first-order valence-electron chi connectivity index (χ1n) is 9.15. The predicted molar refractivity (Wildman–Crippen MR) is 114 cm³/mol. The molecule has 0 saturated heterocycles. The molecule has 4 nitrogen and oxygen atoms in total. The molecule has 0 radical (unpaired) electrons. The van der Waals surface area contributed by atoms with Crippen LogP contribution in [0.3, 0.4) is 0 Å². The van der Waals surface area contributed by atoms with Crippen molar-refractivity contribution < 1.29 is 0 Å². The zero-order chi connectivity index (χ0) is 18.5. The quantitative estimate of drug-likeness (QED) is 0.486. The summed E-state index contributed by atoms with van der Waals surface area (Å²) in [7, 11) is 0. The van der Waals surface area contributed by atoms with Crippen LogP contribution in [0.2, 0.25) is 0 Å². The molecule has 0 saturated carbocycles. The molecule has 0 spiro atoms. The van der Waals surface area contributed by atoms with Gasteiger partial charge in [-0.05, 0) is 48.8 Å². The minimum Gasteiger partial charge on any atom is -0.362 e. The number of hydrogen-bond acceptors (Lipinski definition) is 2. The SMILES string of the molecule is CCCCNC(=S)Nc1c(C)nn(Cc2cccc3ccccc23)c1C. The molecule has 0 bridgehead atoms. The average Bonchev–Trinajstić information content (AvgIpc) is 2.90. The number of nitrogens with zero attached hydrogens (tertiary/aromatic N) is 2. The van der Waals surface area contributed by atoms with Crippen LogP contribution < -0.4 is 10.6 Å². The van der Waals surface area contributed by atoms with E-state index in [-0.39, 0.29) is 0 Å². The molecule has 3 aromatic rings. The normalized spacial score (nSPS) is 10.9. The van der Waals surface area contributed by atoms with E-state index in [1.807, 2.05) is 11.6 Å². The number of hydrogen-bond donors (Lipinski definition) is 2. The number of aromatic nitrogens is 2. The van der Waals surface area contributed by atoms with E-state index in [0.717, 1.165) is 43.0 Å². The van der Waals surface area contributed by atoms with Crippen LogP contribution in [0.15, 0.2) is 42.5 Å². The number of benzene rings is 2. The summed E-state index contributed by atoms with van der Waals surface area (Å²) >= 11 is 5.41. The van der Waals surface area contributed by atoms with Gasteiger partial charge in [-0.3, -0.25) is 4.68 Å². The van der Waals surface area contributed by atoms with Crippen molar-refractivity contribution in [3.8, 4) is 0 Å². The zero-order valence-electron chi connectivity index (χ0n) is 15.7. The van der Waals surface area contributed by atoms with Crippen LogP contribution >= 0.6 is 12.2 Å². The summed E-state index contributed by atoms with van der Waals surface area (Å²) in [6.07, 6.45) is 2.26.